The molecule has 0 bridgehead atoms. The second-order valence-electron chi connectivity index (χ2n) is 14.0. The highest BCUT2D eigenvalue weighted by Gasteiger charge is 2.21. The van der Waals surface area contributed by atoms with Gasteiger partial charge in [-0.15, -0.1) is 0 Å². The van der Waals surface area contributed by atoms with Crippen LogP contribution >= 0.6 is 0 Å². The van der Waals surface area contributed by atoms with Crippen LogP contribution in [0.2, 0.25) is 0 Å². The maximum absolute atomic E-state index is 10.8. The Kier molecular flexibility index (Phi) is 11.8. The van der Waals surface area contributed by atoms with E-state index in [-0.39, 0.29) is 23.7 Å². The highest BCUT2D eigenvalue weighted by atomic mass is 16.3. The topological polar surface area (TPSA) is 80.9 Å². The van der Waals surface area contributed by atoms with E-state index in [1.165, 1.54) is 0 Å². The fourth-order valence-corrected chi connectivity index (χ4v) is 5.84. The number of rotatable bonds is 12. The van der Waals surface area contributed by atoms with Crippen molar-refractivity contribution in [3.05, 3.63) is 142 Å². The van der Waals surface area contributed by atoms with Gasteiger partial charge in [0.15, 0.2) is 0 Å². The summed E-state index contributed by atoms with van der Waals surface area (Å²) in [7, 11) is 0. The highest BCUT2D eigenvalue weighted by Crippen LogP contribution is 2.39. The number of benzene rings is 4. The van der Waals surface area contributed by atoms with E-state index < -0.39 is 24.4 Å². The molecule has 0 saturated carbocycles. The van der Waals surface area contributed by atoms with Gasteiger partial charge in [-0.2, -0.15) is 0 Å². The number of aliphatic hydroxyl groups excluding tert-OH is 4. The third-order valence-corrected chi connectivity index (χ3v) is 8.94. The number of aliphatic hydroxyl groups is 4. The smallest absolute Gasteiger partial charge is 0.0812 e. The minimum atomic E-state index is -0.558. The predicted octanol–water partition coefficient (Wildman–Crippen LogP) is 9.45. The van der Waals surface area contributed by atoms with Crippen molar-refractivity contribution in [3.8, 4) is 0 Å². The van der Waals surface area contributed by atoms with Crippen molar-refractivity contribution < 1.29 is 20.4 Å². The summed E-state index contributed by atoms with van der Waals surface area (Å²) in [6.45, 7) is 16.1. The minimum Gasteiger partial charge on any atom is -0.388 e. The molecule has 4 rings (SSSR count). The van der Waals surface area contributed by atoms with Crippen LogP contribution in [0.1, 0.15) is 124 Å². The van der Waals surface area contributed by atoms with Crippen LogP contribution in [0.5, 0.6) is 0 Å². The summed E-state index contributed by atoms with van der Waals surface area (Å²) in [5.74, 6) is 0.373. The van der Waals surface area contributed by atoms with Gasteiger partial charge in [-0.25, -0.2) is 0 Å². The summed E-state index contributed by atoms with van der Waals surface area (Å²) >= 11 is 0. The van der Waals surface area contributed by atoms with Crippen LogP contribution in [0.25, 0.3) is 11.1 Å². The lowest BCUT2D eigenvalue weighted by Crippen LogP contribution is -2.07. The van der Waals surface area contributed by atoms with E-state index in [4.69, 9.17) is 0 Å². The molecule has 0 spiro atoms. The quantitative estimate of drug-likeness (QED) is 0.119. The Bertz CT molecular complexity index is 1320. The van der Waals surface area contributed by atoms with E-state index in [0.717, 1.165) is 55.7 Å². The standard InChI is InChI=1S/C42H52O4/c1-25(2)39(43)33-17-9-29(10-18-33)37(30-11-19-34(20-12-30)40(44)26(3)4)38(31-13-21-35(22-14-31)41(45)27(5)6)32-15-23-36(24-16-32)42(46)28(7)8/h9-28,39-46H,1-8H3. The van der Waals surface area contributed by atoms with Gasteiger partial charge in [-0.3, -0.25) is 0 Å². The van der Waals surface area contributed by atoms with E-state index in [9.17, 15) is 20.4 Å². The highest BCUT2D eigenvalue weighted by molar-refractivity contribution is 6.04. The summed E-state index contributed by atoms with van der Waals surface area (Å²) < 4.78 is 0. The molecule has 0 aliphatic rings. The molecular formula is C42H52O4. The van der Waals surface area contributed by atoms with Gasteiger partial charge in [0.1, 0.15) is 0 Å². The van der Waals surface area contributed by atoms with E-state index in [2.05, 4.69) is 48.5 Å². The lowest BCUT2D eigenvalue weighted by molar-refractivity contribution is 0.127. The first kappa shape index (κ1) is 35.3. The van der Waals surface area contributed by atoms with Crippen molar-refractivity contribution >= 4 is 11.1 Å². The Morgan fingerprint density at radius 2 is 0.457 bits per heavy atom. The van der Waals surface area contributed by atoms with Crippen molar-refractivity contribution in [2.24, 2.45) is 23.7 Å². The third kappa shape index (κ3) is 8.05. The molecule has 0 aromatic heterocycles. The molecule has 0 aliphatic carbocycles. The average molecular weight is 621 g/mol. The zero-order valence-corrected chi connectivity index (χ0v) is 28.6. The first-order chi connectivity index (χ1) is 21.8. The molecule has 0 aliphatic heterocycles. The molecule has 0 fully saturated rings. The van der Waals surface area contributed by atoms with Gasteiger partial charge in [0.05, 0.1) is 24.4 Å². The number of hydrogen-bond donors (Lipinski definition) is 4. The second kappa shape index (κ2) is 15.4. The Hall–Kier alpha value is -3.54. The summed E-state index contributed by atoms with van der Waals surface area (Å²) in [5, 5.41) is 43.1. The normalized spacial score (nSPS) is 14.5. The molecule has 244 valence electrons. The van der Waals surface area contributed by atoms with Gasteiger partial charge in [-0.05, 0) is 79.3 Å². The molecule has 4 nitrogen and oxygen atoms in total. The zero-order chi connectivity index (χ0) is 33.7. The lowest BCUT2D eigenvalue weighted by Gasteiger charge is -2.22. The van der Waals surface area contributed by atoms with E-state index in [0.29, 0.717) is 0 Å². The summed E-state index contributed by atoms with van der Waals surface area (Å²) in [4.78, 5) is 0. The number of hydrogen-bond acceptors (Lipinski definition) is 4. The van der Waals surface area contributed by atoms with Crippen LogP contribution < -0.4 is 0 Å². The SMILES string of the molecule is CC(C)C(O)c1ccc(C(=C(c2ccc(C(O)C(C)C)cc2)c2ccc(C(O)C(C)C)cc2)c2ccc(C(O)C(C)C)cc2)cc1. The molecule has 4 aromatic carbocycles. The molecule has 4 unspecified atom stereocenters. The monoisotopic (exact) mass is 620 g/mol. The van der Waals surface area contributed by atoms with E-state index in [1.54, 1.807) is 0 Å². The van der Waals surface area contributed by atoms with Crippen molar-refractivity contribution in [2.75, 3.05) is 0 Å². The first-order valence-corrected chi connectivity index (χ1v) is 16.7. The second-order valence-corrected chi connectivity index (χ2v) is 14.0. The molecule has 4 heteroatoms. The van der Waals surface area contributed by atoms with E-state index >= 15 is 0 Å². The molecule has 0 heterocycles. The Morgan fingerprint density at radius 1 is 0.304 bits per heavy atom. The van der Waals surface area contributed by atoms with Crippen LogP contribution in [0.4, 0.5) is 0 Å². The fraction of sp³-hybridized carbons (Fsp3) is 0.381. The predicted molar refractivity (Wildman–Crippen MR) is 190 cm³/mol. The summed E-state index contributed by atoms with van der Waals surface area (Å²) in [6.07, 6.45) is -2.23. The fourth-order valence-electron chi connectivity index (χ4n) is 5.84. The van der Waals surface area contributed by atoms with Gasteiger partial charge >= 0.3 is 0 Å². The lowest BCUT2D eigenvalue weighted by atomic mass is 9.83. The molecule has 4 atom stereocenters. The van der Waals surface area contributed by atoms with Crippen molar-refractivity contribution in [3.63, 3.8) is 0 Å². The summed E-state index contributed by atoms with van der Waals surface area (Å²) in [5.41, 5.74) is 9.45. The maximum Gasteiger partial charge on any atom is 0.0812 e. The molecule has 46 heavy (non-hydrogen) atoms. The van der Waals surface area contributed by atoms with E-state index in [1.807, 2.05) is 104 Å². The van der Waals surface area contributed by atoms with Crippen molar-refractivity contribution in [2.45, 2.75) is 79.8 Å². The largest absolute Gasteiger partial charge is 0.388 e. The molecular weight excluding hydrogens is 568 g/mol. The van der Waals surface area contributed by atoms with Gasteiger partial charge in [0.2, 0.25) is 0 Å². The molecule has 0 radical (unpaired) electrons. The first-order valence-electron chi connectivity index (χ1n) is 16.7. The van der Waals surface area contributed by atoms with Gasteiger partial charge in [0, 0.05) is 0 Å². The van der Waals surface area contributed by atoms with Crippen molar-refractivity contribution in [1.29, 1.82) is 0 Å². The van der Waals surface area contributed by atoms with Crippen molar-refractivity contribution in [1.82, 2.24) is 0 Å². The molecule has 0 amide bonds. The zero-order valence-electron chi connectivity index (χ0n) is 28.6. The van der Waals surface area contributed by atoms with Gasteiger partial charge in [-0.1, -0.05) is 152 Å². The Labute approximate surface area is 276 Å². The molecule has 4 aromatic rings. The van der Waals surface area contributed by atoms with Crippen LogP contribution in [0.3, 0.4) is 0 Å². The molecule has 0 saturated heterocycles. The average Bonchev–Trinajstić information content (AvgIpc) is 3.06. The minimum absolute atomic E-state index is 0.0933. The van der Waals surface area contributed by atoms with Crippen LogP contribution in [-0.4, -0.2) is 20.4 Å². The molecule has 4 N–H and O–H groups in total. The van der Waals surface area contributed by atoms with Crippen LogP contribution in [0, 0.1) is 23.7 Å². The maximum atomic E-state index is 10.8. The third-order valence-electron chi connectivity index (χ3n) is 8.94. The Morgan fingerprint density at radius 3 is 0.587 bits per heavy atom. The van der Waals surface area contributed by atoms with Gasteiger partial charge < -0.3 is 20.4 Å². The Balaban J connectivity index is 2.01. The van der Waals surface area contributed by atoms with Crippen LogP contribution in [0.15, 0.2) is 97.1 Å². The van der Waals surface area contributed by atoms with Crippen LogP contribution in [-0.2, 0) is 0 Å². The van der Waals surface area contributed by atoms with Gasteiger partial charge in [0.25, 0.3) is 0 Å². The summed E-state index contributed by atoms with van der Waals surface area (Å²) in [6, 6.07) is 32.6.